The second-order valence-electron chi connectivity index (χ2n) is 6.54. The summed E-state index contributed by atoms with van der Waals surface area (Å²) in [5, 5.41) is 3.44. The quantitative estimate of drug-likeness (QED) is 0.661. The lowest BCUT2D eigenvalue weighted by Crippen LogP contribution is -2.35. The van der Waals surface area contributed by atoms with Crippen molar-refractivity contribution in [3.8, 4) is 0 Å². The molecule has 1 unspecified atom stereocenters. The Labute approximate surface area is 170 Å². The summed E-state index contributed by atoms with van der Waals surface area (Å²) >= 11 is 1.28. The van der Waals surface area contributed by atoms with Gasteiger partial charge in [0.15, 0.2) is 9.84 Å². The lowest BCUT2D eigenvalue weighted by atomic mass is 10.1. The number of benzene rings is 1. The van der Waals surface area contributed by atoms with Gasteiger partial charge in [0.25, 0.3) is 5.91 Å². The predicted octanol–water partition coefficient (Wildman–Crippen LogP) is 2.95. The number of hydrogen-bond donors (Lipinski definition) is 1. The summed E-state index contributed by atoms with van der Waals surface area (Å²) in [6, 6.07) is 11.8. The van der Waals surface area contributed by atoms with Gasteiger partial charge in [-0.3, -0.25) is 4.79 Å². The summed E-state index contributed by atoms with van der Waals surface area (Å²) in [5.74, 6) is 0.0888. The lowest BCUT2D eigenvalue weighted by molar-refractivity contribution is 0.0168. The summed E-state index contributed by atoms with van der Waals surface area (Å²) in [6.45, 7) is 1.21. The number of aromatic nitrogens is 1. The largest absolute Gasteiger partial charge is 0.376 e. The topological polar surface area (TPSA) is 85.4 Å². The normalized spacial score (nSPS) is 17.2. The number of hydrogen-bond acceptors (Lipinski definition) is 6. The number of thioether (sulfide) groups is 1. The van der Waals surface area contributed by atoms with E-state index in [9.17, 15) is 13.2 Å². The molecule has 0 radical (unpaired) electrons. The second-order valence-corrected chi connectivity index (χ2v) is 9.73. The number of ether oxygens (including phenoxy) is 1. The van der Waals surface area contributed by atoms with E-state index in [2.05, 4.69) is 10.3 Å². The van der Waals surface area contributed by atoms with Crippen LogP contribution in [-0.4, -0.2) is 50.1 Å². The molecule has 28 heavy (non-hydrogen) atoms. The third-order valence-corrected chi connectivity index (χ3v) is 7.47. The van der Waals surface area contributed by atoms with Crippen LogP contribution < -0.4 is 5.32 Å². The van der Waals surface area contributed by atoms with E-state index in [1.807, 2.05) is 0 Å². The van der Waals surface area contributed by atoms with Gasteiger partial charge in [-0.2, -0.15) is 0 Å². The average Bonchev–Trinajstić information content (AvgIpc) is 2.74. The molecule has 1 aliphatic heterocycles. The van der Waals surface area contributed by atoms with Crippen LogP contribution in [-0.2, 0) is 14.6 Å². The summed E-state index contributed by atoms with van der Waals surface area (Å²) in [7, 11) is -3.35. The van der Waals surface area contributed by atoms with Crippen LogP contribution >= 0.6 is 11.8 Å². The Morgan fingerprint density at radius 2 is 2.00 bits per heavy atom. The number of nitrogens with one attached hydrogen (secondary N) is 1. The maximum absolute atomic E-state index is 12.6. The SMILES string of the molecule is O=C(NCC1CCCCO1)c1cccnc1SCCS(=O)(=O)c1ccccc1. The zero-order chi connectivity index (χ0) is 19.8. The van der Waals surface area contributed by atoms with E-state index < -0.39 is 9.84 Å². The minimum atomic E-state index is -3.35. The molecule has 0 spiro atoms. The van der Waals surface area contributed by atoms with Crippen LogP contribution in [0.2, 0.25) is 0 Å². The molecule has 1 fully saturated rings. The highest BCUT2D eigenvalue weighted by Gasteiger charge is 2.19. The van der Waals surface area contributed by atoms with Gasteiger partial charge in [0.2, 0.25) is 0 Å². The van der Waals surface area contributed by atoms with Gasteiger partial charge in [-0.25, -0.2) is 13.4 Å². The Morgan fingerprint density at radius 3 is 2.75 bits per heavy atom. The molecule has 0 bridgehead atoms. The van der Waals surface area contributed by atoms with Crippen molar-refractivity contribution in [1.29, 1.82) is 0 Å². The Morgan fingerprint density at radius 1 is 1.18 bits per heavy atom. The molecule has 8 heteroatoms. The van der Waals surface area contributed by atoms with Gasteiger partial charge in [0.1, 0.15) is 5.03 Å². The molecule has 1 aromatic heterocycles. The predicted molar refractivity (Wildman–Crippen MR) is 109 cm³/mol. The fourth-order valence-corrected chi connectivity index (χ4v) is 5.61. The summed E-state index contributed by atoms with van der Waals surface area (Å²) in [5.41, 5.74) is 0.459. The van der Waals surface area contributed by atoms with Gasteiger partial charge in [-0.1, -0.05) is 18.2 Å². The van der Waals surface area contributed by atoms with Crippen LogP contribution in [0.5, 0.6) is 0 Å². The number of carbonyl (C=O) groups is 1. The van der Waals surface area contributed by atoms with E-state index in [-0.39, 0.29) is 17.8 Å². The molecular formula is C20H24N2O4S2. The first-order valence-electron chi connectivity index (χ1n) is 9.32. The highest BCUT2D eigenvalue weighted by Crippen LogP contribution is 2.22. The minimum Gasteiger partial charge on any atom is -0.376 e. The Hall–Kier alpha value is -1.90. The molecule has 1 N–H and O–H groups in total. The Kier molecular flexibility index (Phi) is 7.47. The molecule has 1 saturated heterocycles. The van der Waals surface area contributed by atoms with Crippen molar-refractivity contribution >= 4 is 27.5 Å². The van der Waals surface area contributed by atoms with Crippen molar-refractivity contribution in [2.24, 2.45) is 0 Å². The van der Waals surface area contributed by atoms with Crippen molar-refractivity contribution in [3.05, 3.63) is 54.2 Å². The average molecular weight is 421 g/mol. The third-order valence-electron chi connectivity index (χ3n) is 4.47. The Balaban J connectivity index is 1.56. The summed E-state index contributed by atoms with van der Waals surface area (Å²) in [6.07, 6.45) is 4.80. The summed E-state index contributed by atoms with van der Waals surface area (Å²) < 4.78 is 30.4. The minimum absolute atomic E-state index is 0.0186. The van der Waals surface area contributed by atoms with E-state index in [4.69, 9.17) is 4.74 Å². The molecule has 1 amide bonds. The van der Waals surface area contributed by atoms with Crippen molar-refractivity contribution in [3.63, 3.8) is 0 Å². The highest BCUT2D eigenvalue weighted by molar-refractivity contribution is 8.00. The molecule has 2 heterocycles. The van der Waals surface area contributed by atoms with Gasteiger partial charge in [0, 0.05) is 25.1 Å². The number of amides is 1. The van der Waals surface area contributed by atoms with Crippen LogP contribution in [0.25, 0.3) is 0 Å². The highest BCUT2D eigenvalue weighted by atomic mass is 32.2. The van der Waals surface area contributed by atoms with Crippen molar-refractivity contribution in [2.75, 3.05) is 24.7 Å². The number of rotatable bonds is 8. The molecule has 6 nitrogen and oxygen atoms in total. The second kappa shape index (κ2) is 10.0. The smallest absolute Gasteiger partial charge is 0.254 e. The van der Waals surface area contributed by atoms with Crippen molar-refractivity contribution < 1.29 is 17.9 Å². The van der Waals surface area contributed by atoms with Gasteiger partial charge < -0.3 is 10.1 Å². The van der Waals surface area contributed by atoms with Crippen LogP contribution in [0, 0.1) is 0 Å². The van der Waals surface area contributed by atoms with E-state index in [0.717, 1.165) is 25.9 Å². The molecule has 2 aromatic rings. The van der Waals surface area contributed by atoms with Crippen molar-refractivity contribution in [1.82, 2.24) is 10.3 Å². The number of carbonyl (C=O) groups excluding carboxylic acids is 1. The van der Waals surface area contributed by atoms with Crippen LogP contribution in [0.4, 0.5) is 0 Å². The number of sulfone groups is 1. The summed E-state index contributed by atoms with van der Waals surface area (Å²) in [4.78, 5) is 17.1. The molecular weight excluding hydrogens is 396 g/mol. The lowest BCUT2D eigenvalue weighted by Gasteiger charge is -2.22. The van der Waals surface area contributed by atoms with E-state index in [1.54, 1.807) is 48.7 Å². The molecule has 1 aliphatic rings. The van der Waals surface area contributed by atoms with Gasteiger partial charge in [0.05, 0.1) is 22.3 Å². The molecule has 0 saturated carbocycles. The first-order valence-corrected chi connectivity index (χ1v) is 12.0. The maximum atomic E-state index is 12.6. The zero-order valence-electron chi connectivity index (χ0n) is 15.5. The van der Waals surface area contributed by atoms with Gasteiger partial charge in [-0.15, -0.1) is 11.8 Å². The van der Waals surface area contributed by atoms with Crippen LogP contribution in [0.15, 0.2) is 58.6 Å². The number of nitrogens with zero attached hydrogens (tertiary/aromatic N) is 1. The maximum Gasteiger partial charge on any atom is 0.254 e. The Bertz CT molecular complexity index is 882. The molecule has 1 aromatic carbocycles. The van der Waals surface area contributed by atoms with E-state index >= 15 is 0 Å². The molecule has 3 rings (SSSR count). The molecule has 150 valence electrons. The number of pyridine rings is 1. The van der Waals surface area contributed by atoms with Crippen LogP contribution in [0.1, 0.15) is 29.6 Å². The zero-order valence-corrected chi connectivity index (χ0v) is 17.2. The fraction of sp³-hybridized carbons (Fsp3) is 0.400. The third kappa shape index (κ3) is 5.80. The van der Waals surface area contributed by atoms with Gasteiger partial charge in [-0.05, 0) is 43.5 Å². The van der Waals surface area contributed by atoms with Crippen LogP contribution in [0.3, 0.4) is 0 Å². The fourth-order valence-electron chi connectivity index (χ4n) is 2.94. The standard InChI is InChI=1S/C20H24N2O4S2/c23-19(22-15-16-7-4-5-12-26-16)18-10-6-11-21-20(18)27-13-14-28(24,25)17-8-2-1-3-9-17/h1-3,6,8-11,16H,4-5,7,12-15H2,(H,22,23). The molecule has 1 atom stereocenters. The van der Waals surface area contributed by atoms with Crippen molar-refractivity contribution in [2.45, 2.75) is 35.3 Å². The molecule has 0 aliphatic carbocycles. The van der Waals surface area contributed by atoms with Gasteiger partial charge >= 0.3 is 0 Å². The monoisotopic (exact) mass is 420 g/mol. The van der Waals surface area contributed by atoms with E-state index in [0.29, 0.717) is 27.8 Å². The first kappa shape index (κ1) is 20.8. The van der Waals surface area contributed by atoms with E-state index in [1.165, 1.54) is 11.8 Å². The first-order chi connectivity index (χ1) is 13.6.